The van der Waals surface area contributed by atoms with Gasteiger partial charge in [0.1, 0.15) is 0 Å². The number of morpholine rings is 1. The quantitative estimate of drug-likeness (QED) is 0.395. The summed E-state index contributed by atoms with van der Waals surface area (Å²) in [5, 5.41) is 11.5. The Labute approximate surface area is 203 Å². The molecule has 1 saturated heterocycles. The van der Waals surface area contributed by atoms with Crippen LogP contribution in [0.15, 0.2) is 73.1 Å². The number of allylic oxidation sites excluding steroid dienone is 1. The number of amides is 1. The molecule has 35 heavy (non-hydrogen) atoms. The van der Waals surface area contributed by atoms with E-state index in [1.54, 1.807) is 18.5 Å². The highest BCUT2D eigenvalue weighted by Gasteiger charge is 2.12. The molecule has 1 amide bonds. The summed E-state index contributed by atoms with van der Waals surface area (Å²) in [6.45, 7) is 5.70. The third kappa shape index (κ3) is 5.47. The molecule has 0 unspecified atom stereocenters. The van der Waals surface area contributed by atoms with Crippen molar-refractivity contribution in [3.8, 4) is 0 Å². The van der Waals surface area contributed by atoms with Gasteiger partial charge in [-0.05, 0) is 55.0 Å². The van der Waals surface area contributed by atoms with Gasteiger partial charge in [-0.3, -0.25) is 4.79 Å². The lowest BCUT2D eigenvalue weighted by Crippen LogP contribution is -2.36. The van der Waals surface area contributed by atoms with Crippen LogP contribution in [-0.2, 0) is 16.1 Å². The number of rotatable bonds is 7. The monoisotopic (exact) mass is 469 g/mol. The van der Waals surface area contributed by atoms with Gasteiger partial charge < -0.3 is 20.3 Å². The number of carbonyl (C=O) groups excluding carboxylic acids is 1. The van der Waals surface area contributed by atoms with E-state index < -0.39 is 0 Å². The Bertz CT molecular complexity index is 1320. The summed E-state index contributed by atoms with van der Waals surface area (Å²) in [7, 11) is 0. The summed E-state index contributed by atoms with van der Waals surface area (Å²) >= 11 is 0. The molecular weight excluding hydrogens is 442 g/mol. The number of fused-ring (bicyclic) bond motifs is 1. The number of carbonyl (C=O) groups is 1. The van der Waals surface area contributed by atoms with Crippen LogP contribution in [0.2, 0.25) is 0 Å². The number of aromatic nitrogens is 4. The zero-order valence-electron chi connectivity index (χ0n) is 19.5. The van der Waals surface area contributed by atoms with Crippen LogP contribution in [0.4, 0.5) is 23.0 Å². The van der Waals surface area contributed by atoms with Crippen LogP contribution < -0.4 is 15.5 Å². The Kier molecular flexibility index (Phi) is 6.67. The summed E-state index contributed by atoms with van der Waals surface area (Å²) in [5.41, 5.74) is 4.64. The Morgan fingerprint density at radius 1 is 1.03 bits per heavy atom. The molecular formula is C26H27N7O2. The van der Waals surface area contributed by atoms with Crippen LogP contribution >= 0.6 is 0 Å². The van der Waals surface area contributed by atoms with Crippen molar-refractivity contribution < 1.29 is 9.53 Å². The molecule has 3 heterocycles. The topological polar surface area (TPSA) is 97.2 Å². The molecule has 0 spiro atoms. The maximum Gasteiger partial charge on any atom is 0.248 e. The first-order chi connectivity index (χ1) is 17.2. The molecule has 1 fully saturated rings. The van der Waals surface area contributed by atoms with Gasteiger partial charge in [0.15, 0.2) is 5.65 Å². The Balaban J connectivity index is 1.27. The maximum absolute atomic E-state index is 11.7. The SMILES string of the molecule is CC=CC(=O)Nc1ccc(Cn2ncc3cnc(Nc4ccc(N5CCOCC5)cc4)nc32)cc1. The van der Waals surface area contributed by atoms with Gasteiger partial charge in [0.05, 0.1) is 31.3 Å². The minimum Gasteiger partial charge on any atom is -0.378 e. The van der Waals surface area contributed by atoms with Crippen LogP contribution in [-0.4, -0.2) is 52.0 Å². The fourth-order valence-corrected chi connectivity index (χ4v) is 3.95. The van der Waals surface area contributed by atoms with Crippen molar-refractivity contribution in [3.63, 3.8) is 0 Å². The molecule has 2 aromatic heterocycles. The molecule has 2 N–H and O–H groups in total. The molecule has 0 aliphatic carbocycles. The molecule has 4 aromatic rings. The van der Waals surface area contributed by atoms with E-state index in [4.69, 9.17) is 9.72 Å². The summed E-state index contributed by atoms with van der Waals surface area (Å²) < 4.78 is 7.28. The predicted octanol–water partition coefficient (Wildman–Crippen LogP) is 3.97. The lowest BCUT2D eigenvalue weighted by Gasteiger charge is -2.28. The maximum atomic E-state index is 11.7. The van der Waals surface area contributed by atoms with Gasteiger partial charge in [0.2, 0.25) is 11.9 Å². The standard InChI is InChI=1S/C26H27N7O2/c1-2-3-24(34)29-21-6-4-19(5-7-21)18-33-25-20(17-28-33)16-27-26(31-25)30-22-8-10-23(11-9-22)32-12-14-35-15-13-32/h2-11,16-17H,12-15,18H2,1H3,(H,29,34)(H,27,30,31). The van der Waals surface area contributed by atoms with Gasteiger partial charge in [-0.25, -0.2) is 9.67 Å². The average Bonchev–Trinajstić information content (AvgIpc) is 3.28. The fourth-order valence-electron chi connectivity index (χ4n) is 3.95. The molecule has 1 aliphatic heterocycles. The van der Waals surface area contributed by atoms with E-state index in [9.17, 15) is 4.79 Å². The third-order valence-corrected chi connectivity index (χ3v) is 5.75. The van der Waals surface area contributed by atoms with Crippen LogP contribution in [0.3, 0.4) is 0 Å². The summed E-state index contributed by atoms with van der Waals surface area (Å²) in [6, 6.07) is 16.0. The highest BCUT2D eigenvalue weighted by molar-refractivity contribution is 5.99. The predicted molar refractivity (Wildman–Crippen MR) is 137 cm³/mol. The minimum absolute atomic E-state index is 0.147. The molecule has 1 aliphatic rings. The summed E-state index contributed by atoms with van der Waals surface area (Å²) in [5.74, 6) is 0.367. The molecule has 9 heteroatoms. The molecule has 5 rings (SSSR count). The Morgan fingerprint density at radius 2 is 1.77 bits per heavy atom. The second-order valence-electron chi connectivity index (χ2n) is 8.23. The van der Waals surface area contributed by atoms with E-state index in [1.807, 2.05) is 48.0 Å². The van der Waals surface area contributed by atoms with Crippen LogP contribution in [0, 0.1) is 0 Å². The number of benzene rings is 2. The third-order valence-electron chi connectivity index (χ3n) is 5.75. The first-order valence-corrected chi connectivity index (χ1v) is 11.6. The largest absolute Gasteiger partial charge is 0.378 e. The number of anilines is 4. The van der Waals surface area contributed by atoms with E-state index >= 15 is 0 Å². The van der Waals surface area contributed by atoms with E-state index in [2.05, 4.69) is 37.7 Å². The first-order valence-electron chi connectivity index (χ1n) is 11.6. The smallest absolute Gasteiger partial charge is 0.248 e. The molecule has 0 radical (unpaired) electrons. The first kappa shape index (κ1) is 22.5. The molecule has 0 atom stereocenters. The average molecular weight is 470 g/mol. The molecule has 0 bridgehead atoms. The molecule has 0 saturated carbocycles. The van der Waals surface area contributed by atoms with Crippen molar-refractivity contribution in [1.82, 2.24) is 19.7 Å². The Morgan fingerprint density at radius 3 is 2.51 bits per heavy atom. The van der Waals surface area contributed by atoms with E-state index in [0.717, 1.165) is 54.3 Å². The van der Waals surface area contributed by atoms with E-state index in [-0.39, 0.29) is 5.91 Å². The molecule has 2 aromatic carbocycles. The number of hydrogen-bond donors (Lipinski definition) is 2. The number of nitrogens with one attached hydrogen (secondary N) is 2. The van der Waals surface area contributed by atoms with Crippen LogP contribution in [0.25, 0.3) is 11.0 Å². The lowest BCUT2D eigenvalue weighted by molar-refractivity contribution is -0.111. The van der Waals surface area contributed by atoms with Gasteiger partial charge in [-0.2, -0.15) is 10.1 Å². The number of ether oxygens (including phenoxy) is 1. The fraction of sp³-hybridized carbons (Fsp3) is 0.231. The minimum atomic E-state index is -0.147. The van der Waals surface area contributed by atoms with E-state index in [1.165, 1.54) is 11.8 Å². The zero-order chi connectivity index (χ0) is 24.0. The summed E-state index contributed by atoms with van der Waals surface area (Å²) in [4.78, 5) is 23.2. The zero-order valence-corrected chi connectivity index (χ0v) is 19.5. The second kappa shape index (κ2) is 10.4. The second-order valence-corrected chi connectivity index (χ2v) is 8.23. The van der Waals surface area contributed by atoms with Crippen molar-refractivity contribution >= 4 is 40.0 Å². The number of hydrogen-bond acceptors (Lipinski definition) is 7. The van der Waals surface area contributed by atoms with Crippen molar-refractivity contribution in [3.05, 3.63) is 78.6 Å². The van der Waals surface area contributed by atoms with Gasteiger partial charge in [-0.1, -0.05) is 18.2 Å². The molecule has 178 valence electrons. The van der Waals surface area contributed by atoms with Crippen LogP contribution in [0.5, 0.6) is 0 Å². The highest BCUT2D eigenvalue weighted by atomic mass is 16.5. The van der Waals surface area contributed by atoms with Gasteiger partial charge in [-0.15, -0.1) is 0 Å². The highest BCUT2D eigenvalue weighted by Crippen LogP contribution is 2.22. The van der Waals surface area contributed by atoms with Crippen molar-refractivity contribution in [2.24, 2.45) is 0 Å². The van der Waals surface area contributed by atoms with Crippen molar-refractivity contribution in [1.29, 1.82) is 0 Å². The Hall–Kier alpha value is -4.24. The van der Waals surface area contributed by atoms with Gasteiger partial charge in [0.25, 0.3) is 0 Å². The summed E-state index contributed by atoms with van der Waals surface area (Å²) in [6.07, 6.45) is 6.74. The van der Waals surface area contributed by atoms with Gasteiger partial charge in [0, 0.05) is 36.3 Å². The lowest BCUT2D eigenvalue weighted by atomic mass is 10.2. The normalized spacial score (nSPS) is 13.9. The van der Waals surface area contributed by atoms with E-state index in [0.29, 0.717) is 12.5 Å². The van der Waals surface area contributed by atoms with Crippen LogP contribution in [0.1, 0.15) is 12.5 Å². The van der Waals surface area contributed by atoms with Gasteiger partial charge >= 0.3 is 0 Å². The molecule has 9 nitrogen and oxygen atoms in total. The van der Waals surface area contributed by atoms with Crippen molar-refractivity contribution in [2.75, 3.05) is 41.8 Å². The van der Waals surface area contributed by atoms with Crippen molar-refractivity contribution in [2.45, 2.75) is 13.5 Å². The number of nitrogens with zero attached hydrogens (tertiary/aromatic N) is 5.